The smallest absolute Gasteiger partial charge is 0.0646 e. The van der Waals surface area contributed by atoms with Gasteiger partial charge in [0.1, 0.15) is 0 Å². The summed E-state index contributed by atoms with van der Waals surface area (Å²) in [7, 11) is 0. The Morgan fingerprint density at radius 2 is 1.84 bits per heavy atom. The molecule has 2 rings (SSSR count). The predicted molar refractivity (Wildman–Crippen MR) is 87.9 cm³/mol. The maximum atomic E-state index is 6.42. The summed E-state index contributed by atoms with van der Waals surface area (Å²) >= 11 is 9.88. The Bertz CT molecular complexity index is 568. The summed E-state index contributed by atoms with van der Waals surface area (Å²) in [6, 6.07) is 14.6. The second kappa shape index (κ2) is 6.44. The minimum Gasteiger partial charge on any atom is -0.340 e. The molecule has 0 unspecified atom stereocenters. The molecule has 0 saturated heterocycles. The van der Waals surface area contributed by atoms with Crippen LogP contribution in [0.5, 0.6) is 0 Å². The Kier molecular flexibility index (Phi) is 4.89. The number of rotatable bonds is 4. The van der Waals surface area contributed by atoms with Gasteiger partial charge in [0, 0.05) is 17.6 Å². The van der Waals surface area contributed by atoms with E-state index in [1.54, 1.807) is 0 Å². The molecule has 2 aromatic carbocycles. The van der Waals surface area contributed by atoms with Crippen molar-refractivity contribution in [1.29, 1.82) is 0 Å². The van der Waals surface area contributed by atoms with Gasteiger partial charge >= 0.3 is 0 Å². The summed E-state index contributed by atoms with van der Waals surface area (Å²) in [6.45, 7) is 5.15. The average Bonchev–Trinajstić information content (AvgIpc) is 2.43. The van der Waals surface area contributed by atoms with Crippen LogP contribution in [0, 0.1) is 6.92 Å². The van der Waals surface area contributed by atoms with Crippen molar-refractivity contribution in [1.82, 2.24) is 0 Å². The highest BCUT2D eigenvalue weighted by molar-refractivity contribution is 9.08. The molecule has 1 nitrogen and oxygen atoms in total. The van der Waals surface area contributed by atoms with E-state index in [1.807, 2.05) is 6.07 Å². The topological polar surface area (TPSA) is 3.24 Å². The largest absolute Gasteiger partial charge is 0.340 e. The molecule has 0 fully saturated rings. The van der Waals surface area contributed by atoms with Crippen LogP contribution in [0.3, 0.4) is 0 Å². The highest BCUT2D eigenvalue weighted by Crippen LogP contribution is 2.34. The normalized spacial score (nSPS) is 10.5. The lowest BCUT2D eigenvalue weighted by molar-refractivity contribution is 1.01. The fraction of sp³-hybridized carbons (Fsp3) is 0.250. The SMILES string of the molecule is CCN(c1ccccc1C)c1ccc(CBr)cc1Cl. The van der Waals surface area contributed by atoms with Crippen LogP contribution >= 0.6 is 27.5 Å². The molecule has 0 saturated carbocycles. The van der Waals surface area contributed by atoms with Gasteiger partial charge in [-0.25, -0.2) is 0 Å². The number of alkyl halides is 1. The van der Waals surface area contributed by atoms with Crippen molar-refractivity contribution in [2.24, 2.45) is 0 Å². The monoisotopic (exact) mass is 337 g/mol. The van der Waals surface area contributed by atoms with Gasteiger partial charge in [0.25, 0.3) is 0 Å². The van der Waals surface area contributed by atoms with Gasteiger partial charge in [0.05, 0.1) is 10.7 Å². The van der Waals surface area contributed by atoms with Crippen LogP contribution in [-0.4, -0.2) is 6.54 Å². The standard InChI is InChI=1S/C16H17BrClN/c1-3-19(15-7-5-4-6-12(15)2)16-9-8-13(11-17)10-14(16)18/h4-10H,3,11H2,1-2H3. The summed E-state index contributed by atoms with van der Waals surface area (Å²) < 4.78 is 0. The number of anilines is 2. The van der Waals surface area contributed by atoms with Crippen LogP contribution in [0.1, 0.15) is 18.1 Å². The third-order valence-corrected chi connectivity index (χ3v) is 4.13. The average molecular weight is 339 g/mol. The lowest BCUT2D eigenvalue weighted by Gasteiger charge is -2.26. The van der Waals surface area contributed by atoms with Gasteiger partial charge in [-0.1, -0.05) is 51.8 Å². The number of hydrogen-bond acceptors (Lipinski definition) is 1. The molecule has 0 spiro atoms. The number of aryl methyl sites for hydroxylation is 1. The van der Waals surface area contributed by atoms with Crippen molar-refractivity contribution in [3.8, 4) is 0 Å². The Hall–Kier alpha value is -0.990. The molecule has 0 aromatic heterocycles. The van der Waals surface area contributed by atoms with E-state index < -0.39 is 0 Å². The van der Waals surface area contributed by atoms with E-state index in [2.05, 4.69) is 71.1 Å². The fourth-order valence-corrected chi connectivity index (χ4v) is 2.84. The van der Waals surface area contributed by atoms with Gasteiger partial charge in [-0.15, -0.1) is 0 Å². The van der Waals surface area contributed by atoms with E-state index in [0.29, 0.717) is 0 Å². The first kappa shape index (κ1) is 14.4. The second-order valence-electron chi connectivity index (χ2n) is 4.45. The highest BCUT2D eigenvalue weighted by atomic mass is 79.9. The van der Waals surface area contributed by atoms with Crippen molar-refractivity contribution in [2.75, 3.05) is 11.4 Å². The van der Waals surface area contributed by atoms with E-state index >= 15 is 0 Å². The zero-order valence-electron chi connectivity index (χ0n) is 11.2. The van der Waals surface area contributed by atoms with Crippen molar-refractivity contribution in [3.63, 3.8) is 0 Å². The van der Waals surface area contributed by atoms with Crippen LogP contribution in [0.4, 0.5) is 11.4 Å². The summed E-state index contributed by atoms with van der Waals surface area (Å²) in [4.78, 5) is 2.25. The van der Waals surface area contributed by atoms with Crippen molar-refractivity contribution in [2.45, 2.75) is 19.2 Å². The molecule has 0 aliphatic heterocycles. The first-order chi connectivity index (χ1) is 9.17. The van der Waals surface area contributed by atoms with Crippen LogP contribution in [0.2, 0.25) is 5.02 Å². The molecule has 0 heterocycles. The van der Waals surface area contributed by atoms with Crippen LogP contribution < -0.4 is 4.90 Å². The number of benzene rings is 2. The van der Waals surface area contributed by atoms with E-state index in [-0.39, 0.29) is 0 Å². The van der Waals surface area contributed by atoms with Gasteiger partial charge in [-0.2, -0.15) is 0 Å². The molecule has 0 amide bonds. The van der Waals surface area contributed by atoms with E-state index in [9.17, 15) is 0 Å². The molecule has 0 aliphatic rings. The van der Waals surface area contributed by atoms with Crippen molar-refractivity contribution >= 4 is 38.9 Å². The van der Waals surface area contributed by atoms with E-state index in [4.69, 9.17) is 11.6 Å². The molecular weight excluding hydrogens is 322 g/mol. The van der Waals surface area contributed by atoms with Gasteiger partial charge in [-0.3, -0.25) is 0 Å². The first-order valence-electron chi connectivity index (χ1n) is 6.35. The Morgan fingerprint density at radius 1 is 1.11 bits per heavy atom. The Labute approximate surface area is 128 Å². The predicted octanol–water partition coefficient (Wildman–Crippen LogP) is 5.70. The van der Waals surface area contributed by atoms with Gasteiger partial charge in [0.2, 0.25) is 0 Å². The maximum Gasteiger partial charge on any atom is 0.0646 e. The van der Waals surface area contributed by atoms with E-state index in [0.717, 1.165) is 22.6 Å². The maximum absolute atomic E-state index is 6.42. The highest BCUT2D eigenvalue weighted by Gasteiger charge is 2.12. The number of nitrogens with zero attached hydrogens (tertiary/aromatic N) is 1. The zero-order valence-corrected chi connectivity index (χ0v) is 13.5. The lowest BCUT2D eigenvalue weighted by atomic mass is 10.1. The van der Waals surface area contributed by atoms with Crippen LogP contribution in [0.15, 0.2) is 42.5 Å². The number of halogens is 2. The third kappa shape index (κ3) is 3.13. The summed E-state index contributed by atoms with van der Waals surface area (Å²) in [5, 5.41) is 1.62. The van der Waals surface area contributed by atoms with Gasteiger partial charge < -0.3 is 4.90 Å². The first-order valence-corrected chi connectivity index (χ1v) is 7.85. The van der Waals surface area contributed by atoms with Crippen molar-refractivity contribution < 1.29 is 0 Å². The lowest BCUT2D eigenvalue weighted by Crippen LogP contribution is -2.17. The molecule has 0 N–H and O–H groups in total. The molecule has 100 valence electrons. The summed E-state index contributed by atoms with van der Waals surface area (Å²) in [6.07, 6.45) is 0. The summed E-state index contributed by atoms with van der Waals surface area (Å²) in [5.74, 6) is 0. The van der Waals surface area contributed by atoms with E-state index in [1.165, 1.54) is 16.8 Å². The third-order valence-electron chi connectivity index (χ3n) is 3.18. The molecule has 2 aromatic rings. The molecule has 0 aliphatic carbocycles. The molecule has 19 heavy (non-hydrogen) atoms. The molecular formula is C16H17BrClN. The zero-order chi connectivity index (χ0) is 13.8. The van der Waals surface area contributed by atoms with Crippen LogP contribution in [-0.2, 0) is 5.33 Å². The Balaban J connectivity index is 2.46. The fourth-order valence-electron chi connectivity index (χ4n) is 2.19. The van der Waals surface area contributed by atoms with Crippen LogP contribution in [0.25, 0.3) is 0 Å². The molecule has 0 atom stereocenters. The second-order valence-corrected chi connectivity index (χ2v) is 5.42. The Morgan fingerprint density at radius 3 is 2.42 bits per heavy atom. The number of hydrogen-bond donors (Lipinski definition) is 0. The quantitative estimate of drug-likeness (QED) is 0.646. The van der Waals surface area contributed by atoms with Gasteiger partial charge in [-0.05, 0) is 43.2 Å². The molecule has 0 bridgehead atoms. The van der Waals surface area contributed by atoms with Gasteiger partial charge in [0.15, 0.2) is 0 Å². The minimum absolute atomic E-state index is 0.794. The van der Waals surface area contributed by atoms with Crippen molar-refractivity contribution in [3.05, 3.63) is 58.6 Å². The minimum atomic E-state index is 0.794. The number of para-hydroxylation sites is 1. The summed E-state index contributed by atoms with van der Waals surface area (Å²) in [5.41, 5.74) is 4.71. The molecule has 0 radical (unpaired) electrons. The molecule has 3 heteroatoms.